The first kappa shape index (κ1) is 19.6. The van der Waals surface area contributed by atoms with E-state index in [1.165, 1.54) is 36.8 Å². The fourth-order valence-electron chi connectivity index (χ4n) is 3.48. The highest BCUT2D eigenvalue weighted by molar-refractivity contribution is 7.89. The molecule has 27 heavy (non-hydrogen) atoms. The first-order chi connectivity index (χ1) is 12.8. The Hall–Kier alpha value is -2.12. The summed E-state index contributed by atoms with van der Waals surface area (Å²) in [7, 11) is 1.33. The number of benzene rings is 1. The van der Waals surface area contributed by atoms with Gasteiger partial charge in [-0.2, -0.15) is 0 Å². The van der Waals surface area contributed by atoms with E-state index in [1.54, 1.807) is 28.8 Å². The number of rotatable bonds is 6. The number of nitrogens with zero attached hydrogens (tertiary/aromatic N) is 2. The number of sulfonamides is 1. The zero-order valence-electron chi connectivity index (χ0n) is 16.2. The first-order valence-electron chi connectivity index (χ1n) is 9.29. The zero-order valence-corrected chi connectivity index (χ0v) is 17.0. The van der Waals surface area contributed by atoms with Crippen molar-refractivity contribution in [1.29, 1.82) is 0 Å². The third kappa shape index (κ3) is 4.09. The molecule has 7 heteroatoms. The number of carbonyl (C=O) groups is 1. The molecular weight excluding hydrogens is 362 g/mol. The van der Waals surface area contributed by atoms with E-state index >= 15 is 0 Å². The van der Waals surface area contributed by atoms with Crippen molar-refractivity contribution < 1.29 is 13.2 Å². The molecule has 0 saturated carbocycles. The van der Waals surface area contributed by atoms with E-state index in [-0.39, 0.29) is 10.8 Å². The maximum atomic E-state index is 12.6. The van der Waals surface area contributed by atoms with Gasteiger partial charge >= 0.3 is 0 Å². The summed E-state index contributed by atoms with van der Waals surface area (Å²) in [5.74, 6) is -0.137. The van der Waals surface area contributed by atoms with Crippen molar-refractivity contribution in [3.63, 3.8) is 0 Å². The van der Waals surface area contributed by atoms with Gasteiger partial charge < -0.3 is 9.88 Å². The first-order valence-corrected chi connectivity index (χ1v) is 10.7. The van der Waals surface area contributed by atoms with E-state index in [9.17, 15) is 13.2 Å². The molecule has 146 valence electrons. The van der Waals surface area contributed by atoms with Crippen molar-refractivity contribution >= 4 is 26.8 Å². The van der Waals surface area contributed by atoms with Gasteiger partial charge in [-0.05, 0) is 56.4 Å². The summed E-state index contributed by atoms with van der Waals surface area (Å²) in [6.45, 7) is 0.618. The minimum atomic E-state index is -3.50. The van der Waals surface area contributed by atoms with Crippen LogP contribution in [0.2, 0.25) is 0 Å². The molecule has 6 nitrogen and oxygen atoms in total. The summed E-state index contributed by atoms with van der Waals surface area (Å²) in [6, 6.07) is 6.69. The van der Waals surface area contributed by atoms with Crippen LogP contribution in [0.4, 0.5) is 0 Å². The highest BCUT2D eigenvalue weighted by atomic mass is 32.2. The van der Waals surface area contributed by atoms with Gasteiger partial charge in [-0.25, -0.2) is 12.7 Å². The molecule has 1 aliphatic carbocycles. The van der Waals surface area contributed by atoms with Crippen LogP contribution < -0.4 is 5.32 Å². The van der Waals surface area contributed by atoms with Crippen molar-refractivity contribution in [1.82, 2.24) is 14.2 Å². The Balaban J connectivity index is 1.77. The molecule has 1 amide bonds. The van der Waals surface area contributed by atoms with Crippen molar-refractivity contribution in [3.05, 3.63) is 41.6 Å². The second kappa shape index (κ2) is 7.86. The Morgan fingerprint density at radius 3 is 2.67 bits per heavy atom. The SMILES string of the molecule is CN(C)S(=O)(=O)c1ccc2c(c1)cc(C(=O)NCCC1=CCCCC1)n2C. The Morgan fingerprint density at radius 1 is 1.22 bits per heavy atom. The van der Waals surface area contributed by atoms with Crippen LogP contribution in [0, 0.1) is 0 Å². The molecule has 0 bridgehead atoms. The van der Waals surface area contributed by atoms with Crippen molar-refractivity contribution in [2.24, 2.45) is 7.05 Å². The minimum Gasteiger partial charge on any atom is -0.350 e. The fourth-order valence-corrected chi connectivity index (χ4v) is 4.41. The lowest BCUT2D eigenvalue weighted by Crippen LogP contribution is -2.26. The fraction of sp³-hybridized carbons (Fsp3) is 0.450. The van der Waals surface area contributed by atoms with Crippen LogP contribution in [0.25, 0.3) is 10.9 Å². The normalized spacial score (nSPS) is 15.2. The Bertz CT molecular complexity index is 987. The van der Waals surface area contributed by atoms with Gasteiger partial charge in [0.2, 0.25) is 10.0 Å². The van der Waals surface area contributed by atoms with Crippen LogP contribution in [0.3, 0.4) is 0 Å². The van der Waals surface area contributed by atoms with E-state index in [0.29, 0.717) is 12.2 Å². The molecule has 1 aliphatic rings. The largest absolute Gasteiger partial charge is 0.350 e. The van der Waals surface area contributed by atoms with E-state index in [0.717, 1.165) is 30.2 Å². The van der Waals surface area contributed by atoms with E-state index in [2.05, 4.69) is 11.4 Å². The third-order valence-electron chi connectivity index (χ3n) is 5.14. The molecule has 2 aromatic rings. The summed E-state index contributed by atoms with van der Waals surface area (Å²) in [6.07, 6.45) is 7.95. The van der Waals surface area contributed by atoms with Crippen LogP contribution in [-0.2, 0) is 17.1 Å². The second-order valence-electron chi connectivity index (χ2n) is 7.21. The highest BCUT2D eigenvalue weighted by Crippen LogP contribution is 2.24. The monoisotopic (exact) mass is 389 g/mol. The van der Waals surface area contributed by atoms with Crippen LogP contribution in [-0.4, -0.2) is 43.8 Å². The molecular formula is C20H27N3O3S. The van der Waals surface area contributed by atoms with Gasteiger partial charge in [0.25, 0.3) is 5.91 Å². The molecule has 1 aromatic heterocycles. The van der Waals surface area contributed by atoms with Crippen LogP contribution >= 0.6 is 0 Å². The topological polar surface area (TPSA) is 71.4 Å². The number of carbonyl (C=O) groups excluding carboxylic acids is 1. The van der Waals surface area contributed by atoms with Crippen LogP contribution in [0.15, 0.2) is 40.8 Å². The van der Waals surface area contributed by atoms with Gasteiger partial charge in [0.05, 0.1) is 4.90 Å². The second-order valence-corrected chi connectivity index (χ2v) is 9.36. The quantitative estimate of drug-likeness (QED) is 0.772. The Kier molecular flexibility index (Phi) is 5.72. The van der Waals surface area contributed by atoms with Crippen molar-refractivity contribution in [2.75, 3.05) is 20.6 Å². The lowest BCUT2D eigenvalue weighted by Gasteiger charge is -2.13. The van der Waals surface area contributed by atoms with Crippen molar-refractivity contribution in [3.8, 4) is 0 Å². The average molecular weight is 390 g/mol. The number of aryl methyl sites for hydroxylation is 1. The van der Waals surface area contributed by atoms with Gasteiger partial charge in [-0.3, -0.25) is 4.79 Å². The van der Waals surface area contributed by atoms with Gasteiger partial charge in [0.15, 0.2) is 0 Å². The van der Waals surface area contributed by atoms with Crippen molar-refractivity contribution in [2.45, 2.75) is 37.0 Å². The van der Waals surface area contributed by atoms with Crippen LogP contribution in [0.5, 0.6) is 0 Å². The number of nitrogens with one attached hydrogen (secondary N) is 1. The molecule has 1 heterocycles. The Labute approximate surface area is 160 Å². The van der Waals surface area contributed by atoms with Gasteiger partial charge in [-0.1, -0.05) is 11.6 Å². The van der Waals surface area contributed by atoms with E-state index in [1.807, 2.05) is 7.05 Å². The smallest absolute Gasteiger partial charge is 0.267 e. The molecule has 0 radical (unpaired) electrons. The number of fused-ring (bicyclic) bond motifs is 1. The summed E-state index contributed by atoms with van der Waals surface area (Å²) < 4.78 is 27.6. The lowest BCUT2D eigenvalue weighted by atomic mass is 9.97. The molecule has 3 rings (SSSR count). The summed E-state index contributed by atoms with van der Waals surface area (Å²) in [4.78, 5) is 12.8. The van der Waals surface area contributed by atoms with E-state index in [4.69, 9.17) is 0 Å². The number of hydrogen-bond donors (Lipinski definition) is 1. The molecule has 0 saturated heterocycles. The highest BCUT2D eigenvalue weighted by Gasteiger charge is 2.19. The van der Waals surface area contributed by atoms with E-state index < -0.39 is 10.0 Å². The average Bonchev–Trinajstić information content (AvgIpc) is 2.98. The molecule has 0 spiro atoms. The summed E-state index contributed by atoms with van der Waals surface area (Å²) >= 11 is 0. The molecule has 0 fully saturated rings. The van der Waals surface area contributed by atoms with Crippen LogP contribution in [0.1, 0.15) is 42.6 Å². The maximum absolute atomic E-state index is 12.6. The zero-order chi connectivity index (χ0) is 19.6. The van der Waals surface area contributed by atoms with Gasteiger partial charge in [0, 0.05) is 38.6 Å². The molecule has 0 aliphatic heterocycles. The molecule has 1 N–H and O–H groups in total. The number of allylic oxidation sites excluding steroid dienone is 1. The maximum Gasteiger partial charge on any atom is 0.267 e. The predicted molar refractivity (Wildman–Crippen MR) is 107 cm³/mol. The number of amides is 1. The third-order valence-corrected chi connectivity index (χ3v) is 6.95. The number of hydrogen-bond acceptors (Lipinski definition) is 3. The van der Waals surface area contributed by atoms with Gasteiger partial charge in [0.1, 0.15) is 5.69 Å². The number of aromatic nitrogens is 1. The molecule has 0 atom stereocenters. The molecule has 1 aromatic carbocycles. The minimum absolute atomic E-state index is 0.137. The predicted octanol–water partition coefficient (Wildman–Crippen LogP) is 3.05. The lowest BCUT2D eigenvalue weighted by molar-refractivity contribution is 0.0946. The van der Waals surface area contributed by atoms with Gasteiger partial charge in [-0.15, -0.1) is 0 Å². The summed E-state index contributed by atoms with van der Waals surface area (Å²) in [5, 5.41) is 3.72. The summed E-state index contributed by atoms with van der Waals surface area (Å²) in [5.41, 5.74) is 2.78. The Morgan fingerprint density at radius 2 is 2.00 bits per heavy atom. The standard InChI is InChI=1S/C20H27N3O3S/c1-22(2)27(25,26)17-9-10-18-16(13-17)14-19(23(18)3)20(24)21-12-11-15-7-5-4-6-8-15/h7,9-10,13-14H,4-6,8,11-12H2,1-3H3,(H,21,24). The molecule has 0 unspecified atom stereocenters.